The third-order valence-electron chi connectivity index (χ3n) is 9.34. The molecule has 0 aliphatic carbocycles. The highest BCUT2D eigenvalue weighted by Crippen LogP contribution is 2.48. The van der Waals surface area contributed by atoms with Crippen LogP contribution in [-0.2, 0) is 0 Å². The van der Waals surface area contributed by atoms with Crippen LogP contribution >= 0.6 is 0 Å². The molecule has 2 heteroatoms. The molecule has 10 rings (SSSR count). The smallest absolute Gasteiger partial charge is 0.136 e. The lowest BCUT2D eigenvalue weighted by Gasteiger charge is -2.19. The molecule has 224 valence electrons. The zero-order chi connectivity index (χ0) is 36.0. The average molecular weight is 618 g/mol. The quantitative estimate of drug-likeness (QED) is 0.184. The molecule has 2 heterocycles. The minimum Gasteiger partial charge on any atom is -0.456 e. The van der Waals surface area contributed by atoms with Gasteiger partial charge in [0.1, 0.15) is 22.5 Å². The number of benzene rings is 8. The van der Waals surface area contributed by atoms with Gasteiger partial charge in [0.25, 0.3) is 0 Å². The zero-order valence-electron chi connectivity index (χ0n) is 30.6. The van der Waals surface area contributed by atoms with Crippen molar-refractivity contribution in [1.29, 1.82) is 0 Å². The Morgan fingerprint density at radius 2 is 1.04 bits per heavy atom. The first-order valence-corrected chi connectivity index (χ1v) is 15.9. The van der Waals surface area contributed by atoms with Gasteiger partial charge in [-0.3, -0.25) is 0 Å². The molecule has 0 N–H and O–H groups in total. The summed E-state index contributed by atoms with van der Waals surface area (Å²) in [5.74, 6) is 0.809. The van der Waals surface area contributed by atoms with E-state index in [2.05, 4.69) is 48.5 Å². The van der Waals surface area contributed by atoms with Gasteiger partial charge in [-0.2, -0.15) is 0 Å². The fourth-order valence-corrected chi connectivity index (χ4v) is 7.25. The maximum atomic E-state index is 8.96. The fourth-order valence-electron chi connectivity index (χ4n) is 7.25. The van der Waals surface area contributed by atoms with Crippen molar-refractivity contribution in [2.75, 3.05) is 0 Å². The van der Waals surface area contributed by atoms with E-state index < -0.39 is 6.04 Å². The minimum atomic E-state index is -0.412. The first-order valence-electron chi connectivity index (χ1n) is 18.4. The summed E-state index contributed by atoms with van der Waals surface area (Å²) in [6.45, 7) is 0. The van der Waals surface area contributed by atoms with Crippen molar-refractivity contribution in [2.45, 2.75) is 0 Å². The van der Waals surface area contributed by atoms with Crippen molar-refractivity contribution in [2.24, 2.45) is 0 Å². The van der Waals surface area contributed by atoms with Crippen LogP contribution in [0.15, 0.2) is 179 Å². The maximum absolute atomic E-state index is 8.96. The van der Waals surface area contributed by atoms with Crippen LogP contribution in [0.2, 0.25) is 0 Å². The van der Waals surface area contributed by atoms with E-state index in [9.17, 15) is 0 Å². The number of para-hydroxylation sites is 1. The molecule has 10 aromatic rings. The van der Waals surface area contributed by atoms with Gasteiger partial charge >= 0.3 is 0 Å². The lowest BCUT2D eigenvalue weighted by molar-refractivity contribution is 0.631. The van der Waals surface area contributed by atoms with Crippen LogP contribution in [0.25, 0.3) is 99.2 Å². The summed E-state index contributed by atoms with van der Waals surface area (Å²) in [6, 6.07) is 45.1. The fraction of sp³-hybridized carbons (Fsp3) is 0. The number of hydrogen-bond acceptors (Lipinski definition) is 2. The summed E-state index contributed by atoms with van der Waals surface area (Å²) >= 11 is 0. The molecule has 2 aromatic heterocycles. The summed E-state index contributed by atoms with van der Waals surface area (Å²) in [6.07, 6.45) is 0. The van der Waals surface area contributed by atoms with Crippen molar-refractivity contribution in [3.05, 3.63) is 170 Å². The Morgan fingerprint density at radius 3 is 1.77 bits per heavy atom. The van der Waals surface area contributed by atoms with Crippen molar-refractivity contribution < 1.29 is 15.7 Å². The lowest BCUT2D eigenvalue weighted by Crippen LogP contribution is -1.92. The summed E-state index contributed by atoms with van der Waals surface area (Å²) < 4.78 is 56.0. The van der Waals surface area contributed by atoms with Crippen molar-refractivity contribution in [1.82, 2.24) is 0 Å². The van der Waals surface area contributed by atoms with Gasteiger partial charge in [0, 0.05) is 21.7 Å². The second-order valence-corrected chi connectivity index (χ2v) is 12.1. The van der Waals surface area contributed by atoms with E-state index in [1.54, 1.807) is 0 Å². The lowest BCUT2D eigenvalue weighted by atomic mass is 9.84. The monoisotopic (exact) mass is 617 g/mol. The summed E-state index contributed by atoms with van der Waals surface area (Å²) in [7, 11) is 0. The van der Waals surface area contributed by atoms with Gasteiger partial charge in [-0.1, -0.05) is 133 Å². The maximum Gasteiger partial charge on any atom is 0.136 e. The van der Waals surface area contributed by atoms with Crippen LogP contribution in [0.3, 0.4) is 0 Å². The second-order valence-electron chi connectivity index (χ2n) is 12.1. The minimum absolute atomic E-state index is 0.186. The van der Waals surface area contributed by atoms with Crippen LogP contribution in [0.1, 0.15) is 6.85 Å². The van der Waals surface area contributed by atoms with Crippen LogP contribution in [0, 0.1) is 0 Å². The number of fused-ring (bicyclic) bond motifs is 6. The standard InChI is InChI=1S/C46H28O2/c1-3-13-29(14-4-1)42-28-33-25-31(23-24-40(33)47-42)32-26-39(46-38-21-11-12-22-41(38)48-43(46)27-32)45-36-19-9-7-17-34(36)44(30-15-5-2-6-16-30)35-18-8-10-20-37(35)45/h1-28H/i2D,5D,6D,15D,16D. The summed E-state index contributed by atoms with van der Waals surface area (Å²) in [4.78, 5) is 0. The number of furan rings is 2. The van der Waals surface area contributed by atoms with E-state index in [4.69, 9.17) is 15.7 Å². The number of hydrogen-bond donors (Lipinski definition) is 0. The highest BCUT2D eigenvalue weighted by Gasteiger charge is 2.21. The molecular formula is C46H28O2. The predicted octanol–water partition coefficient (Wildman–Crippen LogP) is 13.3. The average Bonchev–Trinajstić information content (AvgIpc) is 3.81. The molecule has 0 radical (unpaired) electrons. The van der Waals surface area contributed by atoms with Gasteiger partial charge in [0.15, 0.2) is 0 Å². The molecule has 8 aromatic carbocycles. The Balaban J connectivity index is 1.30. The molecule has 0 bridgehead atoms. The molecule has 0 atom stereocenters. The van der Waals surface area contributed by atoms with E-state index in [1.165, 1.54) is 0 Å². The van der Waals surface area contributed by atoms with Gasteiger partial charge in [0.05, 0.1) is 6.85 Å². The Labute approximate surface area is 284 Å². The van der Waals surface area contributed by atoms with Gasteiger partial charge < -0.3 is 8.83 Å². The van der Waals surface area contributed by atoms with Crippen LogP contribution in [0.5, 0.6) is 0 Å². The molecule has 2 nitrogen and oxygen atoms in total. The van der Waals surface area contributed by atoms with E-state index in [0.717, 1.165) is 88.0 Å². The third-order valence-corrected chi connectivity index (χ3v) is 9.34. The van der Waals surface area contributed by atoms with E-state index in [1.807, 2.05) is 91.0 Å². The first kappa shape index (κ1) is 22.2. The molecule has 0 saturated carbocycles. The predicted molar refractivity (Wildman–Crippen MR) is 200 cm³/mol. The SMILES string of the molecule is [2H]c1c([2H])c([2H])c(-c2c3ccccc3c(-c3cc(-c4ccc5oc(-c6ccccc6)cc5c4)cc4oc5ccccc5c34)c3ccccc23)c([2H])c1[2H]. The van der Waals surface area contributed by atoms with Crippen molar-refractivity contribution in [3.8, 4) is 44.7 Å². The van der Waals surface area contributed by atoms with Crippen LogP contribution in [0.4, 0.5) is 0 Å². The van der Waals surface area contributed by atoms with Crippen LogP contribution < -0.4 is 0 Å². The Hall–Kier alpha value is -6.38. The van der Waals surface area contributed by atoms with E-state index >= 15 is 0 Å². The molecule has 0 aliphatic rings. The van der Waals surface area contributed by atoms with E-state index in [-0.39, 0.29) is 29.7 Å². The molecule has 48 heavy (non-hydrogen) atoms. The van der Waals surface area contributed by atoms with Gasteiger partial charge in [0.2, 0.25) is 0 Å². The highest BCUT2D eigenvalue weighted by atomic mass is 16.3. The van der Waals surface area contributed by atoms with Gasteiger partial charge in [-0.15, -0.1) is 0 Å². The Bertz CT molecular complexity index is 3040. The summed E-state index contributed by atoms with van der Waals surface area (Å²) in [5.41, 5.74) is 8.07. The molecule has 0 saturated heterocycles. The number of rotatable bonds is 4. The Kier molecular flexibility index (Phi) is 4.89. The van der Waals surface area contributed by atoms with Crippen LogP contribution in [-0.4, -0.2) is 0 Å². The normalized spacial score (nSPS) is 13.2. The topological polar surface area (TPSA) is 26.3 Å². The second kappa shape index (κ2) is 10.6. The highest BCUT2D eigenvalue weighted by molar-refractivity contribution is 6.26. The molecule has 0 amide bonds. The van der Waals surface area contributed by atoms with Gasteiger partial charge in [-0.25, -0.2) is 0 Å². The first-order chi connectivity index (χ1) is 25.9. The van der Waals surface area contributed by atoms with Crippen molar-refractivity contribution >= 4 is 54.5 Å². The molecule has 0 aliphatic heterocycles. The van der Waals surface area contributed by atoms with E-state index in [0.29, 0.717) is 5.56 Å². The Morgan fingerprint density at radius 1 is 0.396 bits per heavy atom. The van der Waals surface area contributed by atoms with Gasteiger partial charge in [-0.05, 0) is 91.3 Å². The largest absolute Gasteiger partial charge is 0.456 e. The molecule has 0 spiro atoms. The molecular weight excluding hydrogens is 585 g/mol. The summed E-state index contributed by atoms with van der Waals surface area (Å²) in [5, 5.41) is 6.34. The third kappa shape index (κ3) is 4.13. The molecule has 0 unspecified atom stereocenters. The molecule has 0 fully saturated rings. The zero-order valence-corrected chi connectivity index (χ0v) is 25.6. The van der Waals surface area contributed by atoms with Crippen molar-refractivity contribution in [3.63, 3.8) is 0 Å².